The highest BCUT2D eigenvalue weighted by Gasteiger charge is 2.17. The second-order valence-electron chi connectivity index (χ2n) is 5.40. The Morgan fingerprint density at radius 2 is 2.04 bits per heavy atom. The standard InChI is InChI=1S/C18H15ClN4O/c1-2-9-23-17-8-7-16(22-24)18(15(17)11-21-23)14(10-20)12-3-5-13(19)6-4-12/h3-8,11,21H,2,9H2,1H3/b18-14-. The van der Waals surface area contributed by atoms with E-state index >= 15 is 0 Å². The number of halogens is 1. The quantitative estimate of drug-likeness (QED) is 0.870. The lowest BCUT2D eigenvalue weighted by Gasteiger charge is -2.19. The summed E-state index contributed by atoms with van der Waals surface area (Å²) in [6.07, 6.45) is 2.78. The molecule has 0 radical (unpaired) electrons. The molecule has 3 rings (SSSR count). The Labute approximate surface area is 144 Å². The van der Waals surface area contributed by atoms with E-state index in [2.05, 4.69) is 23.6 Å². The molecule has 0 unspecified atom stereocenters. The van der Waals surface area contributed by atoms with Crippen LogP contribution in [0.2, 0.25) is 5.02 Å². The minimum Gasteiger partial charge on any atom is -0.305 e. The van der Waals surface area contributed by atoms with Gasteiger partial charge in [-0.05, 0) is 41.4 Å². The highest BCUT2D eigenvalue weighted by Crippen LogP contribution is 2.18. The zero-order valence-corrected chi connectivity index (χ0v) is 13.8. The molecule has 0 aromatic heterocycles. The van der Waals surface area contributed by atoms with Gasteiger partial charge >= 0.3 is 0 Å². The van der Waals surface area contributed by atoms with E-state index in [4.69, 9.17) is 11.6 Å². The van der Waals surface area contributed by atoms with Crippen LogP contribution in [0.4, 0.5) is 11.4 Å². The summed E-state index contributed by atoms with van der Waals surface area (Å²) in [4.78, 5) is 11.3. The van der Waals surface area contributed by atoms with Crippen molar-refractivity contribution in [2.75, 3.05) is 11.6 Å². The lowest BCUT2D eigenvalue weighted by molar-refractivity contribution is 0.749. The molecule has 1 aliphatic rings. The number of anilines is 1. The Kier molecular flexibility index (Phi) is 4.50. The van der Waals surface area contributed by atoms with E-state index in [1.807, 2.05) is 17.3 Å². The first-order chi connectivity index (χ1) is 11.7. The van der Waals surface area contributed by atoms with Gasteiger partial charge in [0.2, 0.25) is 0 Å². The van der Waals surface area contributed by atoms with Crippen molar-refractivity contribution < 1.29 is 0 Å². The normalized spacial score (nSPS) is 13.5. The Balaban J connectivity index is 2.35. The summed E-state index contributed by atoms with van der Waals surface area (Å²) < 4.78 is 0. The summed E-state index contributed by atoms with van der Waals surface area (Å²) in [5.74, 6) is 0. The van der Waals surface area contributed by atoms with Gasteiger partial charge in [0, 0.05) is 28.2 Å². The summed E-state index contributed by atoms with van der Waals surface area (Å²) in [6.45, 7) is 2.90. The summed E-state index contributed by atoms with van der Waals surface area (Å²) >= 11 is 5.93. The van der Waals surface area contributed by atoms with Gasteiger partial charge in [-0.3, -0.25) is 5.01 Å². The van der Waals surface area contributed by atoms with Crippen molar-refractivity contribution in [1.82, 2.24) is 5.43 Å². The second kappa shape index (κ2) is 6.73. The summed E-state index contributed by atoms with van der Waals surface area (Å²) in [5.41, 5.74) is 5.45. The third kappa shape index (κ3) is 2.72. The largest absolute Gasteiger partial charge is 0.305 e. The zero-order chi connectivity index (χ0) is 17.1. The Morgan fingerprint density at radius 1 is 1.29 bits per heavy atom. The van der Waals surface area contributed by atoms with E-state index in [1.54, 1.807) is 30.3 Å². The predicted octanol–water partition coefficient (Wildman–Crippen LogP) is 2.93. The van der Waals surface area contributed by atoms with Crippen molar-refractivity contribution in [3.05, 3.63) is 62.3 Å². The van der Waals surface area contributed by atoms with Gasteiger partial charge < -0.3 is 5.43 Å². The molecule has 0 spiro atoms. The van der Waals surface area contributed by atoms with Crippen molar-refractivity contribution >= 4 is 34.7 Å². The number of benzene rings is 2. The first-order valence-electron chi connectivity index (χ1n) is 7.60. The van der Waals surface area contributed by atoms with E-state index < -0.39 is 0 Å². The van der Waals surface area contributed by atoms with Crippen LogP contribution in [0.5, 0.6) is 0 Å². The van der Waals surface area contributed by atoms with Crippen LogP contribution in [-0.4, -0.2) is 6.54 Å². The topological polar surface area (TPSA) is 68.5 Å². The van der Waals surface area contributed by atoms with Gasteiger partial charge in [0.1, 0.15) is 11.8 Å². The second-order valence-corrected chi connectivity index (χ2v) is 5.84. The van der Waals surface area contributed by atoms with Crippen LogP contribution in [-0.2, 0) is 0 Å². The Hall–Kier alpha value is -2.84. The summed E-state index contributed by atoms with van der Waals surface area (Å²) in [6, 6.07) is 12.7. The monoisotopic (exact) mass is 338 g/mol. The van der Waals surface area contributed by atoms with Gasteiger partial charge in [-0.1, -0.05) is 30.7 Å². The van der Waals surface area contributed by atoms with Crippen LogP contribution in [0.3, 0.4) is 0 Å². The van der Waals surface area contributed by atoms with E-state index in [9.17, 15) is 10.2 Å². The number of nitroso groups, excluding NO2 is 1. The predicted molar refractivity (Wildman–Crippen MR) is 96.0 cm³/mol. The number of hydrazine groups is 1. The maximum Gasteiger partial charge on any atom is 0.117 e. The van der Waals surface area contributed by atoms with Crippen molar-refractivity contribution in [3.63, 3.8) is 0 Å². The van der Waals surface area contributed by atoms with E-state index in [0.29, 0.717) is 21.4 Å². The number of rotatable bonds is 4. The van der Waals surface area contributed by atoms with E-state index in [0.717, 1.165) is 23.9 Å². The first kappa shape index (κ1) is 16.0. The average Bonchev–Trinajstić information content (AvgIpc) is 3.01. The average molecular weight is 339 g/mol. The molecule has 2 aromatic rings. The summed E-state index contributed by atoms with van der Waals surface area (Å²) in [5, 5.41) is 16.7. The number of fused-ring (bicyclic) bond motifs is 1. The maximum atomic E-state index is 11.3. The molecule has 5 nitrogen and oxygen atoms in total. The van der Waals surface area contributed by atoms with Crippen molar-refractivity contribution in [2.24, 2.45) is 5.18 Å². The highest BCUT2D eigenvalue weighted by atomic mass is 35.5. The Bertz CT molecular complexity index is 945. The van der Waals surface area contributed by atoms with E-state index in [-0.39, 0.29) is 5.69 Å². The summed E-state index contributed by atoms with van der Waals surface area (Å²) in [7, 11) is 0. The lowest BCUT2D eigenvalue weighted by Crippen LogP contribution is -2.33. The van der Waals surface area contributed by atoms with Crippen LogP contribution >= 0.6 is 11.6 Å². The highest BCUT2D eigenvalue weighted by molar-refractivity contribution is 6.30. The van der Waals surface area contributed by atoms with Gasteiger partial charge in [-0.2, -0.15) is 5.26 Å². The smallest absolute Gasteiger partial charge is 0.117 e. The molecule has 0 aliphatic carbocycles. The number of nitriles is 1. The number of nitrogens with zero attached hydrogens (tertiary/aromatic N) is 3. The lowest BCUT2D eigenvalue weighted by atomic mass is 10.0. The number of nitrogens with one attached hydrogen (secondary N) is 1. The van der Waals surface area contributed by atoms with Gasteiger partial charge in [0.25, 0.3) is 0 Å². The fourth-order valence-corrected chi connectivity index (χ4v) is 2.95. The van der Waals surface area contributed by atoms with Gasteiger partial charge in [0.15, 0.2) is 0 Å². The molecular weight excluding hydrogens is 324 g/mol. The Morgan fingerprint density at radius 3 is 2.67 bits per heavy atom. The molecule has 2 aromatic carbocycles. The molecule has 6 heteroatoms. The van der Waals surface area contributed by atoms with Crippen molar-refractivity contribution in [1.29, 1.82) is 5.26 Å². The third-order valence-electron chi connectivity index (χ3n) is 3.90. The molecule has 0 saturated heterocycles. The molecule has 1 aliphatic heterocycles. The van der Waals surface area contributed by atoms with E-state index in [1.165, 1.54) is 0 Å². The van der Waals surface area contributed by atoms with Gasteiger partial charge in [-0.25, -0.2) is 0 Å². The molecule has 24 heavy (non-hydrogen) atoms. The SMILES string of the molecule is CCCN1NC=c2c1ccc(N=O)/c2=C(/C#N)c1ccc(Cl)cc1. The van der Waals surface area contributed by atoms with Gasteiger partial charge in [-0.15, -0.1) is 4.91 Å². The molecule has 0 amide bonds. The van der Waals surface area contributed by atoms with Crippen LogP contribution < -0.4 is 20.9 Å². The molecule has 0 fully saturated rings. The third-order valence-corrected chi connectivity index (χ3v) is 4.15. The molecule has 0 atom stereocenters. The molecule has 1 heterocycles. The number of hydrogen-bond donors (Lipinski definition) is 1. The molecule has 0 bridgehead atoms. The van der Waals surface area contributed by atoms with Gasteiger partial charge in [0.05, 0.1) is 11.3 Å². The van der Waals surface area contributed by atoms with Crippen LogP contribution in [0.15, 0.2) is 41.6 Å². The van der Waals surface area contributed by atoms with Crippen LogP contribution in [0.1, 0.15) is 18.9 Å². The molecular formula is C18H15ClN4O. The first-order valence-corrected chi connectivity index (χ1v) is 7.98. The molecule has 0 saturated carbocycles. The van der Waals surface area contributed by atoms with Crippen molar-refractivity contribution in [2.45, 2.75) is 13.3 Å². The minimum atomic E-state index is 0.247. The molecule has 120 valence electrons. The molecule has 1 N–H and O–H groups in total. The maximum absolute atomic E-state index is 11.3. The minimum absolute atomic E-state index is 0.247. The zero-order valence-electron chi connectivity index (χ0n) is 13.1. The fraction of sp³-hybridized carbons (Fsp3) is 0.167. The number of hydrogen-bond acceptors (Lipinski definition) is 5. The fourth-order valence-electron chi connectivity index (χ4n) is 2.82. The van der Waals surface area contributed by atoms with Crippen molar-refractivity contribution in [3.8, 4) is 6.07 Å². The van der Waals surface area contributed by atoms with Crippen LogP contribution in [0.25, 0.3) is 11.8 Å². The van der Waals surface area contributed by atoms with Crippen LogP contribution in [0, 0.1) is 16.2 Å².